The second-order valence-electron chi connectivity index (χ2n) is 4.03. The van der Waals surface area contributed by atoms with Crippen molar-refractivity contribution in [1.82, 2.24) is 0 Å². The molecule has 0 heterocycles. The van der Waals surface area contributed by atoms with Gasteiger partial charge in [-0.3, -0.25) is 0 Å². The van der Waals surface area contributed by atoms with Gasteiger partial charge in [0.1, 0.15) is 0 Å². The summed E-state index contributed by atoms with van der Waals surface area (Å²) in [4.78, 5) is 0. The first-order valence-electron chi connectivity index (χ1n) is 5.75. The maximum Gasteiger partial charge on any atom is 0.0175 e. The Hall–Kier alpha value is -1.34. The van der Waals surface area contributed by atoms with Gasteiger partial charge in [-0.15, -0.1) is 6.58 Å². The summed E-state index contributed by atoms with van der Waals surface area (Å²) in [7, 11) is 0. The lowest BCUT2D eigenvalue weighted by Gasteiger charge is -2.04. The van der Waals surface area contributed by atoms with Crippen molar-refractivity contribution < 1.29 is 0 Å². The van der Waals surface area contributed by atoms with Gasteiger partial charge in [0.25, 0.3) is 0 Å². The lowest BCUT2D eigenvalue weighted by Crippen LogP contribution is -1.84. The summed E-state index contributed by atoms with van der Waals surface area (Å²) in [5.74, 6) is 0. The zero-order chi connectivity index (χ0) is 12.1. The average Bonchev–Trinajstić information content (AvgIpc) is 2.38. The Morgan fingerprint density at radius 1 is 0.882 bits per heavy atom. The van der Waals surface area contributed by atoms with Gasteiger partial charge < -0.3 is 0 Å². The van der Waals surface area contributed by atoms with E-state index in [9.17, 15) is 0 Å². The maximum atomic E-state index is 3.74. The van der Waals surface area contributed by atoms with Gasteiger partial charge in [0.2, 0.25) is 0 Å². The fourth-order valence-electron chi connectivity index (χ4n) is 1.77. The largest absolute Gasteiger partial charge is 0.103 e. The van der Waals surface area contributed by atoms with Gasteiger partial charge >= 0.3 is 0 Å². The van der Waals surface area contributed by atoms with E-state index in [2.05, 4.69) is 71.0 Å². The predicted octanol–water partition coefficient (Wildman–Crippen LogP) is 5.23. The monoisotopic (exact) mass is 286 g/mol. The first-order valence-corrected chi connectivity index (χ1v) is 6.54. The minimum atomic E-state index is 1.04. The molecule has 0 nitrogen and oxygen atoms in total. The first kappa shape index (κ1) is 12.1. The van der Waals surface area contributed by atoms with Gasteiger partial charge in [-0.2, -0.15) is 0 Å². The molecule has 0 fully saturated rings. The molecule has 0 aliphatic rings. The second kappa shape index (κ2) is 5.83. The molecule has 17 heavy (non-hydrogen) atoms. The molecule has 0 aliphatic carbocycles. The van der Waals surface area contributed by atoms with Crippen LogP contribution in [0.25, 0.3) is 11.1 Å². The van der Waals surface area contributed by atoms with E-state index in [0.717, 1.165) is 17.3 Å². The lowest BCUT2D eigenvalue weighted by molar-refractivity contribution is 1.00. The smallest absolute Gasteiger partial charge is 0.0175 e. The Balaban J connectivity index is 2.17. The zero-order valence-electron chi connectivity index (χ0n) is 9.70. The molecule has 0 amide bonds. The van der Waals surface area contributed by atoms with Crippen molar-refractivity contribution in [2.45, 2.75) is 12.8 Å². The van der Waals surface area contributed by atoms with E-state index in [0.29, 0.717) is 0 Å². The van der Waals surface area contributed by atoms with Crippen LogP contribution in [0.1, 0.15) is 12.0 Å². The topological polar surface area (TPSA) is 0 Å². The van der Waals surface area contributed by atoms with E-state index in [1.807, 2.05) is 6.08 Å². The summed E-state index contributed by atoms with van der Waals surface area (Å²) in [6.07, 6.45) is 4.07. The molecule has 0 radical (unpaired) electrons. The Kier molecular flexibility index (Phi) is 4.16. The van der Waals surface area contributed by atoms with Crippen LogP contribution in [0.5, 0.6) is 0 Å². The highest BCUT2D eigenvalue weighted by molar-refractivity contribution is 9.10. The molecule has 1 heteroatoms. The van der Waals surface area contributed by atoms with E-state index < -0.39 is 0 Å². The van der Waals surface area contributed by atoms with Crippen molar-refractivity contribution in [2.24, 2.45) is 0 Å². The molecule has 0 bridgehead atoms. The molecule has 0 aliphatic heterocycles. The molecule has 0 saturated carbocycles. The SMILES string of the molecule is C=CCCc1ccc(-c2ccc(Br)cc2)cc1. The predicted molar refractivity (Wildman–Crippen MR) is 78.1 cm³/mol. The van der Waals surface area contributed by atoms with E-state index in [-0.39, 0.29) is 0 Å². The highest BCUT2D eigenvalue weighted by Crippen LogP contribution is 2.22. The highest BCUT2D eigenvalue weighted by Gasteiger charge is 1.97. The first-order chi connectivity index (χ1) is 8.29. The average molecular weight is 287 g/mol. The number of rotatable bonds is 4. The van der Waals surface area contributed by atoms with Crippen LogP contribution in [0, 0.1) is 0 Å². The summed E-state index contributed by atoms with van der Waals surface area (Å²) >= 11 is 3.45. The molecular weight excluding hydrogens is 272 g/mol. The molecule has 86 valence electrons. The van der Waals surface area contributed by atoms with Gasteiger partial charge in [-0.25, -0.2) is 0 Å². The zero-order valence-corrected chi connectivity index (χ0v) is 11.3. The van der Waals surface area contributed by atoms with Crippen molar-refractivity contribution >= 4 is 15.9 Å². The van der Waals surface area contributed by atoms with Crippen molar-refractivity contribution in [3.05, 3.63) is 71.2 Å². The molecule has 0 saturated heterocycles. The van der Waals surface area contributed by atoms with Gasteiger partial charge in [0.15, 0.2) is 0 Å². The van der Waals surface area contributed by atoms with E-state index in [1.165, 1.54) is 16.7 Å². The van der Waals surface area contributed by atoms with Crippen LogP contribution in [0.3, 0.4) is 0 Å². The molecule has 2 rings (SSSR count). The third-order valence-electron chi connectivity index (χ3n) is 2.77. The normalized spacial score (nSPS) is 10.2. The Morgan fingerprint density at radius 3 is 1.94 bits per heavy atom. The van der Waals surface area contributed by atoms with Crippen LogP contribution in [0.4, 0.5) is 0 Å². The minimum absolute atomic E-state index is 1.04. The summed E-state index contributed by atoms with van der Waals surface area (Å²) < 4.78 is 1.11. The van der Waals surface area contributed by atoms with Crippen molar-refractivity contribution in [3.8, 4) is 11.1 Å². The number of allylic oxidation sites excluding steroid dienone is 1. The summed E-state index contributed by atoms with van der Waals surface area (Å²) in [5, 5.41) is 0. The minimum Gasteiger partial charge on any atom is -0.103 e. The van der Waals surface area contributed by atoms with Crippen molar-refractivity contribution in [2.75, 3.05) is 0 Å². The maximum absolute atomic E-state index is 3.74. The highest BCUT2D eigenvalue weighted by atomic mass is 79.9. The van der Waals surface area contributed by atoms with E-state index >= 15 is 0 Å². The number of aryl methyl sites for hydroxylation is 1. The third kappa shape index (κ3) is 3.31. The van der Waals surface area contributed by atoms with Crippen LogP contribution in [0.15, 0.2) is 65.7 Å². The van der Waals surface area contributed by atoms with Gasteiger partial charge in [0.05, 0.1) is 0 Å². The van der Waals surface area contributed by atoms with Crippen molar-refractivity contribution in [3.63, 3.8) is 0 Å². The number of benzene rings is 2. The van der Waals surface area contributed by atoms with Crippen LogP contribution in [-0.4, -0.2) is 0 Å². The van der Waals surface area contributed by atoms with Gasteiger partial charge in [0, 0.05) is 4.47 Å². The molecule has 2 aromatic carbocycles. The van der Waals surface area contributed by atoms with Gasteiger partial charge in [-0.05, 0) is 41.7 Å². The van der Waals surface area contributed by atoms with Crippen LogP contribution in [-0.2, 0) is 6.42 Å². The van der Waals surface area contributed by atoms with Crippen LogP contribution < -0.4 is 0 Å². The lowest BCUT2D eigenvalue weighted by atomic mass is 10.0. The number of halogens is 1. The Morgan fingerprint density at radius 2 is 1.41 bits per heavy atom. The molecule has 0 unspecified atom stereocenters. The molecule has 0 aromatic heterocycles. The van der Waals surface area contributed by atoms with Crippen LogP contribution >= 0.6 is 15.9 Å². The Bertz CT molecular complexity index is 480. The van der Waals surface area contributed by atoms with E-state index in [4.69, 9.17) is 0 Å². The fraction of sp³-hybridized carbons (Fsp3) is 0.125. The van der Waals surface area contributed by atoms with Crippen molar-refractivity contribution in [1.29, 1.82) is 0 Å². The molecular formula is C16H15Br. The molecule has 0 N–H and O–H groups in total. The summed E-state index contributed by atoms with van der Waals surface area (Å²) in [6.45, 7) is 3.74. The number of hydrogen-bond acceptors (Lipinski definition) is 0. The second-order valence-corrected chi connectivity index (χ2v) is 4.95. The third-order valence-corrected chi connectivity index (χ3v) is 3.30. The van der Waals surface area contributed by atoms with Crippen LogP contribution in [0.2, 0.25) is 0 Å². The quantitative estimate of drug-likeness (QED) is 0.675. The number of hydrogen-bond donors (Lipinski definition) is 0. The fourth-order valence-corrected chi connectivity index (χ4v) is 2.04. The molecule has 2 aromatic rings. The summed E-state index contributed by atoms with van der Waals surface area (Å²) in [5.41, 5.74) is 3.88. The standard InChI is InChI=1S/C16H15Br/c1-2-3-4-13-5-7-14(8-6-13)15-9-11-16(17)12-10-15/h2,5-12H,1,3-4H2. The van der Waals surface area contributed by atoms with Gasteiger partial charge in [-0.1, -0.05) is 58.4 Å². The molecule has 0 atom stereocenters. The summed E-state index contributed by atoms with van der Waals surface area (Å²) in [6, 6.07) is 17.2. The van der Waals surface area contributed by atoms with E-state index in [1.54, 1.807) is 0 Å². The Labute approximate surface area is 111 Å². The molecule has 0 spiro atoms.